The monoisotopic (exact) mass is 265 g/mol. The topological polar surface area (TPSA) is 64.0 Å². The van der Waals surface area contributed by atoms with E-state index in [1.54, 1.807) is 55.2 Å². The summed E-state index contributed by atoms with van der Waals surface area (Å²) in [6.45, 7) is 1.63. The first-order valence-electron chi connectivity index (χ1n) is 5.61. The van der Waals surface area contributed by atoms with Crippen molar-refractivity contribution in [3.05, 3.63) is 36.5 Å². The average Bonchev–Trinajstić information content (AvgIpc) is 2.75. The van der Waals surface area contributed by atoms with Crippen LogP contribution in [0, 0.1) is 0 Å². The zero-order chi connectivity index (χ0) is 13.2. The number of hydrogen-bond donors (Lipinski definition) is 1. The lowest BCUT2D eigenvalue weighted by atomic mass is 10.3. The van der Waals surface area contributed by atoms with Gasteiger partial charge >= 0.3 is 0 Å². The molecule has 1 N–H and O–H groups in total. The Morgan fingerprint density at radius 3 is 2.61 bits per heavy atom. The van der Waals surface area contributed by atoms with E-state index in [2.05, 4.69) is 10.4 Å². The van der Waals surface area contributed by atoms with Crippen LogP contribution in [0.15, 0.2) is 41.4 Å². The second-order valence-electron chi connectivity index (χ2n) is 3.90. The van der Waals surface area contributed by atoms with Crippen LogP contribution in [0.3, 0.4) is 0 Å². The molecule has 6 heteroatoms. The minimum absolute atomic E-state index is 0.0773. The van der Waals surface area contributed by atoms with Crippen LogP contribution in [-0.4, -0.2) is 24.0 Å². The van der Waals surface area contributed by atoms with Crippen LogP contribution >= 0.6 is 0 Å². The standard InChI is InChI=1S/C12H15N3O2S/c1-3-18(16,17)11-7-5-4-6-10(11)13-12-8-9-15(2)14-12/h4-9H,3H2,1-2H3,(H,13,14). The Labute approximate surface area is 106 Å². The number of anilines is 2. The van der Waals surface area contributed by atoms with Crippen LogP contribution < -0.4 is 5.32 Å². The largest absolute Gasteiger partial charge is 0.338 e. The highest BCUT2D eigenvalue weighted by Crippen LogP contribution is 2.24. The van der Waals surface area contributed by atoms with E-state index in [4.69, 9.17) is 0 Å². The van der Waals surface area contributed by atoms with Crippen molar-refractivity contribution < 1.29 is 8.42 Å². The lowest BCUT2D eigenvalue weighted by Gasteiger charge is -2.09. The van der Waals surface area contributed by atoms with Crippen molar-refractivity contribution in [1.82, 2.24) is 9.78 Å². The van der Waals surface area contributed by atoms with Crippen LogP contribution in [0.1, 0.15) is 6.92 Å². The average molecular weight is 265 g/mol. The molecule has 0 unspecified atom stereocenters. The van der Waals surface area contributed by atoms with Crippen molar-refractivity contribution >= 4 is 21.3 Å². The molecule has 1 aromatic heterocycles. The van der Waals surface area contributed by atoms with E-state index in [1.165, 1.54) is 0 Å². The van der Waals surface area contributed by atoms with Gasteiger partial charge in [0, 0.05) is 19.3 Å². The minimum Gasteiger partial charge on any atom is -0.338 e. The maximum Gasteiger partial charge on any atom is 0.180 e. The summed E-state index contributed by atoms with van der Waals surface area (Å²) in [7, 11) is -1.43. The first kappa shape index (κ1) is 12.6. The molecule has 0 fully saturated rings. The summed E-state index contributed by atoms with van der Waals surface area (Å²) in [6.07, 6.45) is 1.79. The van der Waals surface area contributed by atoms with Crippen LogP contribution in [0.4, 0.5) is 11.5 Å². The van der Waals surface area contributed by atoms with Gasteiger partial charge in [0.15, 0.2) is 15.7 Å². The van der Waals surface area contributed by atoms with Crippen LogP contribution in [0.5, 0.6) is 0 Å². The number of aryl methyl sites for hydroxylation is 1. The molecule has 2 rings (SSSR count). The zero-order valence-corrected chi connectivity index (χ0v) is 11.1. The zero-order valence-electron chi connectivity index (χ0n) is 10.3. The molecule has 1 aromatic carbocycles. The van der Waals surface area contributed by atoms with E-state index >= 15 is 0 Å². The van der Waals surface area contributed by atoms with E-state index in [-0.39, 0.29) is 5.75 Å². The van der Waals surface area contributed by atoms with Gasteiger partial charge in [0.25, 0.3) is 0 Å². The molecular formula is C12H15N3O2S. The highest BCUT2D eigenvalue weighted by molar-refractivity contribution is 7.91. The van der Waals surface area contributed by atoms with Gasteiger partial charge in [-0.15, -0.1) is 0 Å². The Morgan fingerprint density at radius 1 is 1.28 bits per heavy atom. The normalized spacial score (nSPS) is 11.4. The molecule has 0 saturated heterocycles. The predicted octanol–water partition coefficient (Wildman–Crippen LogP) is 1.96. The highest BCUT2D eigenvalue weighted by atomic mass is 32.2. The van der Waals surface area contributed by atoms with E-state index in [0.29, 0.717) is 16.4 Å². The number of hydrogen-bond acceptors (Lipinski definition) is 4. The van der Waals surface area contributed by atoms with Crippen molar-refractivity contribution in [3.8, 4) is 0 Å². The molecule has 96 valence electrons. The Bertz CT molecular complexity index is 647. The molecular weight excluding hydrogens is 250 g/mol. The molecule has 1 heterocycles. The van der Waals surface area contributed by atoms with Gasteiger partial charge in [0.1, 0.15) is 0 Å². The summed E-state index contributed by atoms with van der Waals surface area (Å²) < 4.78 is 25.6. The molecule has 0 amide bonds. The number of para-hydroxylation sites is 1. The third-order valence-corrected chi connectivity index (χ3v) is 4.36. The summed E-state index contributed by atoms with van der Waals surface area (Å²) in [5.41, 5.74) is 0.554. The van der Waals surface area contributed by atoms with Gasteiger partial charge in [-0.1, -0.05) is 19.1 Å². The minimum atomic E-state index is -3.24. The number of benzene rings is 1. The highest BCUT2D eigenvalue weighted by Gasteiger charge is 2.16. The van der Waals surface area contributed by atoms with Gasteiger partial charge in [-0.25, -0.2) is 8.42 Å². The van der Waals surface area contributed by atoms with E-state index in [9.17, 15) is 8.42 Å². The van der Waals surface area contributed by atoms with Crippen LogP contribution in [-0.2, 0) is 16.9 Å². The second kappa shape index (κ2) is 4.81. The van der Waals surface area contributed by atoms with Gasteiger partial charge in [0.05, 0.1) is 16.3 Å². The van der Waals surface area contributed by atoms with Gasteiger partial charge in [-0.3, -0.25) is 4.68 Å². The lowest BCUT2D eigenvalue weighted by molar-refractivity contribution is 0.597. The van der Waals surface area contributed by atoms with Crippen molar-refractivity contribution in [3.63, 3.8) is 0 Å². The van der Waals surface area contributed by atoms with E-state index in [1.807, 2.05) is 0 Å². The second-order valence-corrected chi connectivity index (χ2v) is 6.15. The maximum absolute atomic E-state index is 12.0. The van der Waals surface area contributed by atoms with Gasteiger partial charge < -0.3 is 5.32 Å². The number of nitrogens with one attached hydrogen (secondary N) is 1. The first-order valence-corrected chi connectivity index (χ1v) is 7.26. The van der Waals surface area contributed by atoms with E-state index < -0.39 is 9.84 Å². The summed E-state index contributed by atoms with van der Waals surface area (Å²) in [5.74, 6) is 0.699. The summed E-state index contributed by atoms with van der Waals surface area (Å²) in [6, 6.07) is 8.63. The Morgan fingerprint density at radius 2 is 2.00 bits per heavy atom. The first-order chi connectivity index (χ1) is 8.53. The van der Waals surface area contributed by atoms with Gasteiger partial charge in [0.2, 0.25) is 0 Å². The Balaban J connectivity index is 2.40. The van der Waals surface area contributed by atoms with Crippen molar-refractivity contribution in [2.75, 3.05) is 11.1 Å². The Kier molecular flexibility index (Phi) is 3.38. The quantitative estimate of drug-likeness (QED) is 0.917. The molecule has 0 aliphatic heterocycles. The summed E-state index contributed by atoms with van der Waals surface area (Å²) in [4.78, 5) is 0.304. The van der Waals surface area contributed by atoms with Crippen molar-refractivity contribution in [2.45, 2.75) is 11.8 Å². The summed E-state index contributed by atoms with van der Waals surface area (Å²) >= 11 is 0. The summed E-state index contributed by atoms with van der Waals surface area (Å²) in [5, 5.41) is 7.19. The molecule has 18 heavy (non-hydrogen) atoms. The van der Waals surface area contributed by atoms with Gasteiger partial charge in [-0.2, -0.15) is 5.10 Å². The molecule has 0 aliphatic rings. The molecule has 0 aliphatic carbocycles. The van der Waals surface area contributed by atoms with Crippen LogP contribution in [0.2, 0.25) is 0 Å². The molecule has 2 aromatic rings. The number of nitrogens with zero attached hydrogens (tertiary/aromatic N) is 2. The third-order valence-electron chi connectivity index (χ3n) is 2.58. The number of sulfone groups is 1. The Hall–Kier alpha value is -1.82. The van der Waals surface area contributed by atoms with Crippen LogP contribution in [0.25, 0.3) is 0 Å². The number of rotatable bonds is 4. The predicted molar refractivity (Wildman–Crippen MR) is 70.7 cm³/mol. The van der Waals surface area contributed by atoms with E-state index in [0.717, 1.165) is 0 Å². The molecule has 0 atom stereocenters. The fraction of sp³-hybridized carbons (Fsp3) is 0.250. The fourth-order valence-corrected chi connectivity index (χ4v) is 2.67. The lowest BCUT2D eigenvalue weighted by Crippen LogP contribution is -2.07. The number of aromatic nitrogens is 2. The molecule has 0 saturated carbocycles. The molecule has 5 nitrogen and oxygen atoms in total. The van der Waals surface area contributed by atoms with Crippen molar-refractivity contribution in [1.29, 1.82) is 0 Å². The van der Waals surface area contributed by atoms with Crippen molar-refractivity contribution in [2.24, 2.45) is 7.05 Å². The molecule has 0 radical (unpaired) electrons. The molecule has 0 spiro atoms. The fourth-order valence-electron chi connectivity index (χ4n) is 1.62. The smallest absolute Gasteiger partial charge is 0.180 e. The SMILES string of the molecule is CCS(=O)(=O)c1ccccc1Nc1ccn(C)n1. The third kappa shape index (κ3) is 2.53. The molecule has 0 bridgehead atoms. The maximum atomic E-state index is 12.0. The van der Waals surface area contributed by atoms with Gasteiger partial charge in [-0.05, 0) is 12.1 Å².